The number of aryl methyl sites for hydroxylation is 2. The van der Waals surface area contributed by atoms with Crippen LogP contribution in [0.4, 0.5) is 0 Å². The molecule has 1 aromatic heterocycles. The third-order valence-corrected chi connectivity index (χ3v) is 2.79. The van der Waals surface area contributed by atoms with E-state index in [0.29, 0.717) is 11.1 Å². The number of benzene rings is 1. The monoisotopic (exact) mass is 221 g/mol. The van der Waals surface area contributed by atoms with Gasteiger partial charge in [0.15, 0.2) is 0 Å². The van der Waals surface area contributed by atoms with Crippen molar-refractivity contribution in [2.75, 3.05) is 0 Å². The minimum absolute atomic E-state index is 0.622. The Balaban J connectivity index is 2.61. The van der Waals surface area contributed by atoms with Gasteiger partial charge in [0.2, 0.25) is 0 Å². The number of aromatic nitrogens is 1. The van der Waals surface area contributed by atoms with Crippen LogP contribution in [0, 0.1) is 36.5 Å². The van der Waals surface area contributed by atoms with Crippen LogP contribution >= 0.6 is 0 Å². The molecule has 82 valence electrons. The summed E-state index contributed by atoms with van der Waals surface area (Å²) in [4.78, 5) is 3.17. The highest BCUT2D eigenvalue weighted by molar-refractivity contribution is 5.74. The number of nitrogens with one attached hydrogen (secondary N) is 1. The van der Waals surface area contributed by atoms with Crippen molar-refractivity contribution in [1.82, 2.24) is 4.98 Å². The molecule has 0 saturated heterocycles. The Hall–Kier alpha value is -2.52. The molecule has 0 spiro atoms. The van der Waals surface area contributed by atoms with Crippen LogP contribution < -0.4 is 0 Å². The molecule has 0 unspecified atom stereocenters. The van der Waals surface area contributed by atoms with E-state index < -0.39 is 0 Å². The summed E-state index contributed by atoms with van der Waals surface area (Å²) < 4.78 is 0. The average Bonchev–Trinajstić information content (AvgIpc) is 2.63. The van der Waals surface area contributed by atoms with Gasteiger partial charge in [0.1, 0.15) is 6.07 Å². The van der Waals surface area contributed by atoms with Gasteiger partial charge in [-0.2, -0.15) is 10.5 Å². The van der Waals surface area contributed by atoms with Crippen LogP contribution in [0.15, 0.2) is 24.3 Å². The van der Waals surface area contributed by atoms with E-state index in [9.17, 15) is 0 Å². The van der Waals surface area contributed by atoms with E-state index in [2.05, 4.69) is 17.1 Å². The molecule has 2 aromatic rings. The van der Waals surface area contributed by atoms with Crippen LogP contribution in [0.3, 0.4) is 0 Å². The number of hydrogen-bond donors (Lipinski definition) is 1. The largest absolute Gasteiger partial charge is 0.361 e. The molecule has 1 N–H and O–H groups in total. The maximum Gasteiger partial charge on any atom is 0.102 e. The van der Waals surface area contributed by atoms with Crippen molar-refractivity contribution in [2.45, 2.75) is 13.8 Å². The van der Waals surface area contributed by atoms with Crippen LogP contribution in [0.25, 0.3) is 11.1 Å². The SMILES string of the molecule is Cc1[nH]c(C)c(-c2ccc(C#N)cc2)c1C#N. The summed E-state index contributed by atoms with van der Waals surface area (Å²) in [5.74, 6) is 0. The number of nitriles is 2. The Morgan fingerprint density at radius 3 is 2.12 bits per heavy atom. The molecule has 0 amide bonds. The zero-order chi connectivity index (χ0) is 12.4. The first kappa shape index (κ1) is 11.0. The Kier molecular flexibility index (Phi) is 2.68. The Labute approximate surface area is 99.9 Å². The summed E-state index contributed by atoms with van der Waals surface area (Å²) in [5.41, 5.74) is 5.04. The van der Waals surface area contributed by atoms with Gasteiger partial charge in [0.05, 0.1) is 17.2 Å². The molecule has 0 aliphatic rings. The molecule has 3 nitrogen and oxygen atoms in total. The summed E-state index contributed by atoms with van der Waals surface area (Å²) >= 11 is 0. The fourth-order valence-electron chi connectivity index (χ4n) is 1.99. The number of hydrogen-bond acceptors (Lipinski definition) is 2. The van der Waals surface area contributed by atoms with E-state index in [1.807, 2.05) is 26.0 Å². The summed E-state index contributed by atoms with van der Waals surface area (Å²) in [5, 5.41) is 17.9. The first-order chi connectivity index (χ1) is 8.17. The summed E-state index contributed by atoms with van der Waals surface area (Å²) in [6.45, 7) is 3.83. The number of rotatable bonds is 1. The minimum Gasteiger partial charge on any atom is -0.361 e. The van der Waals surface area contributed by atoms with Crippen LogP contribution in [-0.2, 0) is 0 Å². The zero-order valence-corrected chi connectivity index (χ0v) is 9.70. The molecule has 2 rings (SSSR count). The lowest BCUT2D eigenvalue weighted by molar-refractivity contribution is 1.18. The highest BCUT2D eigenvalue weighted by Crippen LogP contribution is 2.29. The zero-order valence-electron chi connectivity index (χ0n) is 9.70. The van der Waals surface area contributed by atoms with E-state index in [1.165, 1.54) is 0 Å². The maximum absolute atomic E-state index is 9.15. The molecule has 0 aliphatic carbocycles. The third kappa shape index (κ3) is 1.79. The van der Waals surface area contributed by atoms with Crippen molar-refractivity contribution >= 4 is 0 Å². The lowest BCUT2D eigenvalue weighted by atomic mass is 10.0. The highest BCUT2D eigenvalue weighted by atomic mass is 14.7. The van der Waals surface area contributed by atoms with Gasteiger partial charge >= 0.3 is 0 Å². The lowest BCUT2D eigenvalue weighted by Crippen LogP contribution is -1.83. The molecular formula is C14H11N3. The van der Waals surface area contributed by atoms with E-state index in [1.54, 1.807) is 12.1 Å². The first-order valence-corrected chi connectivity index (χ1v) is 5.27. The van der Waals surface area contributed by atoms with Crippen LogP contribution in [0.1, 0.15) is 22.5 Å². The van der Waals surface area contributed by atoms with E-state index >= 15 is 0 Å². The topological polar surface area (TPSA) is 63.4 Å². The summed E-state index contributed by atoms with van der Waals surface area (Å²) in [7, 11) is 0. The predicted molar refractivity (Wildman–Crippen MR) is 65.1 cm³/mol. The van der Waals surface area contributed by atoms with Gasteiger partial charge in [-0.1, -0.05) is 12.1 Å². The lowest BCUT2D eigenvalue weighted by Gasteiger charge is -2.01. The average molecular weight is 221 g/mol. The maximum atomic E-state index is 9.15. The van der Waals surface area contributed by atoms with Gasteiger partial charge in [0.25, 0.3) is 0 Å². The predicted octanol–water partition coefficient (Wildman–Crippen LogP) is 3.04. The third-order valence-electron chi connectivity index (χ3n) is 2.79. The van der Waals surface area contributed by atoms with Gasteiger partial charge in [-0.25, -0.2) is 0 Å². The number of H-pyrrole nitrogens is 1. The molecule has 0 fully saturated rings. The second-order valence-corrected chi connectivity index (χ2v) is 3.93. The molecular weight excluding hydrogens is 210 g/mol. The minimum atomic E-state index is 0.622. The smallest absolute Gasteiger partial charge is 0.102 e. The van der Waals surface area contributed by atoms with Gasteiger partial charge < -0.3 is 4.98 Å². The molecule has 0 radical (unpaired) electrons. The van der Waals surface area contributed by atoms with Crippen molar-refractivity contribution in [3.63, 3.8) is 0 Å². The van der Waals surface area contributed by atoms with E-state index in [0.717, 1.165) is 22.5 Å². The number of nitrogens with zero attached hydrogens (tertiary/aromatic N) is 2. The molecule has 1 heterocycles. The standard InChI is InChI=1S/C14H11N3/c1-9-13(8-16)14(10(2)17-9)12-5-3-11(7-15)4-6-12/h3-6,17H,1-2H3. The van der Waals surface area contributed by atoms with Crippen molar-refractivity contribution in [3.05, 3.63) is 46.8 Å². The van der Waals surface area contributed by atoms with E-state index in [-0.39, 0.29) is 0 Å². The van der Waals surface area contributed by atoms with Crippen molar-refractivity contribution in [3.8, 4) is 23.3 Å². The van der Waals surface area contributed by atoms with E-state index in [4.69, 9.17) is 10.5 Å². The second kappa shape index (κ2) is 4.15. The fourth-order valence-corrected chi connectivity index (χ4v) is 1.99. The molecule has 0 bridgehead atoms. The quantitative estimate of drug-likeness (QED) is 0.804. The Morgan fingerprint density at radius 1 is 0.941 bits per heavy atom. The van der Waals surface area contributed by atoms with Crippen molar-refractivity contribution < 1.29 is 0 Å². The van der Waals surface area contributed by atoms with Gasteiger partial charge in [-0.15, -0.1) is 0 Å². The van der Waals surface area contributed by atoms with Gasteiger partial charge in [-0.05, 0) is 31.5 Å². The molecule has 3 heteroatoms. The van der Waals surface area contributed by atoms with Crippen molar-refractivity contribution in [2.24, 2.45) is 0 Å². The van der Waals surface area contributed by atoms with Gasteiger partial charge in [-0.3, -0.25) is 0 Å². The second-order valence-electron chi connectivity index (χ2n) is 3.93. The normalized spacial score (nSPS) is 9.65. The number of aromatic amines is 1. The Morgan fingerprint density at radius 2 is 1.59 bits per heavy atom. The first-order valence-electron chi connectivity index (χ1n) is 5.27. The van der Waals surface area contributed by atoms with Gasteiger partial charge in [0, 0.05) is 17.0 Å². The molecule has 17 heavy (non-hydrogen) atoms. The molecule has 0 saturated carbocycles. The van der Waals surface area contributed by atoms with Crippen LogP contribution in [0.2, 0.25) is 0 Å². The fraction of sp³-hybridized carbons (Fsp3) is 0.143. The molecule has 0 aliphatic heterocycles. The van der Waals surface area contributed by atoms with Crippen LogP contribution in [0.5, 0.6) is 0 Å². The Bertz CT molecular complexity index is 634. The highest BCUT2D eigenvalue weighted by Gasteiger charge is 2.13. The molecule has 0 atom stereocenters. The van der Waals surface area contributed by atoms with Crippen molar-refractivity contribution in [1.29, 1.82) is 10.5 Å². The van der Waals surface area contributed by atoms with Crippen LogP contribution in [-0.4, -0.2) is 4.98 Å². The summed E-state index contributed by atoms with van der Waals surface area (Å²) in [6, 6.07) is 11.6. The molecule has 1 aromatic carbocycles. The summed E-state index contributed by atoms with van der Waals surface area (Å²) in [6.07, 6.45) is 0.